The molecule has 0 atom stereocenters. The minimum Gasteiger partial charge on any atom is -0.335 e. The van der Waals surface area contributed by atoms with Gasteiger partial charge in [-0.15, -0.1) is 16.7 Å². The van der Waals surface area contributed by atoms with E-state index in [2.05, 4.69) is 14.5 Å². The van der Waals surface area contributed by atoms with Gasteiger partial charge in [-0.25, -0.2) is 0 Å². The van der Waals surface area contributed by atoms with Gasteiger partial charge in [0, 0.05) is 38.6 Å². The van der Waals surface area contributed by atoms with E-state index in [1.54, 1.807) is 0 Å². The molecule has 1 fully saturated rings. The van der Waals surface area contributed by atoms with E-state index >= 15 is 0 Å². The van der Waals surface area contributed by atoms with Gasteiger partial charge in [0.1, 0.15) is 4.88 Å². The molecule has 1 amide bonds. The molecule has 0 radical (unpaired) electrons. The highest BCUT2D eigenvalue weighted by atomic mass is 35.5. The van der Waals surface area contributed by atoms with Gasteiger partial charge < -0.3 is 4.90 Å². The lowest BCUT2D eigenvalue weighted by Gasteiger charge is -2.34. The van der Waals surface area contributed by atoms with E-state index < -0.39 is 0 Å². The van der Waals surface area contributed by atoms with Crippen molar-refractivity contribution in [1.82, 2.24) is 19.4 Å². The van der Waals surface area contributed by atoms with E-state index in [1.165, 1.54) is 11.5 Å². The van der Waals surface area contributed by atoms with E-state index in [1.807, 2.05) is 11.8 Å². The highest BCUT2D eigenvalue weighted by molar-refractivity contribution is 7.08. The number of carbonyl (C=O) groups excluding carboxylic acids is 1. The molecular weight excluding hydrogens is 272 g/mol. The predicted octanol–water partition coefficient (Wildman–Crippen LogP) is 1.10. The van der Waals surface area contributed by atoms with Crippen LogP contribution in [-0.4, -0.2) is 63.9 Å². The highest BCUT2D eigenvalue weighted by Gasteiger charge is 2.25. The molecule has 2 heterocycles. The fourth-order valence-electron chi connectivity index (χ4n) is 2.04. The summed E-state index contributed by atoms with van der Waals surface area (Å²) in [5.74, 6) is 0.722. The minimum atomic E-state index is 0.0763. The number of amides is 1. The summed E-state index contributed by atoms with van der Waals surface area (Å²) >= 11 is 6.92. The third kappa shape index (κ3) is 2.99. The maximum atomic E-state index is 12.3. The Hall–Kier alpha value is -0.720. The number of rotatable bonds is 4. The topological polar surface area (TPSA) is 49.3 Å². The van der Waals surface area contributed by atoms with Crippen LogP contribution in [0.4, 0.5) is 0 Å². The first-order chi connectivity index (χ1) is 8.76. The van der Waals surface area contributed by atoms with Crippen LogP contribution in [-0.2, 0) is 6.42 Å². The lowest BCUT2D eigenvalue weighted by molar-refractivity contribution is 0.0648. The summed E-state index contributed by atoms with van der Waals surface area (Å²) in [6.45, 7) is 6.20. The molecule has 100 valence electrons. The van der Waals surface area contributed by atoms with Crippen LogP contribution >= 0.6 is 23.1 Å². The van der Waals surface area contributed by atoms with Crippen molar-refractivity contribution in [3.8, 4) is 0 Å². The Morgan fingerprint density at radius 2 is 2.11 bits per heavy atom. The van der Waals surface area contributed by atoms with Gasteiger partial charge in [-0.2, -0.15) is 0 Å². The van der Waals surface area contributed by atoms with Crippen molar-refractivity contribution in [2.75, 3.05) is 38.6 Å². The van der Waals surface area contributed by atoms with Crippen LogP contribution in [0.1, 0.15) is 22.3 Å². The predicted molar refractivity (Wildman–Crippen MR) is 72.4 cm³/mol. The smallest absolute Gasteiger partial charge is 0.267 e. The second-order valence-corrected chi connectivity index (χ2v) is 5.36. The average molecular weight is 289 g/mol. The standard InChI is InChI=1S/C11H17ClN4OS/c1-2-9-10(18-14-13-9)11(17)16-7-5-15(4-3-12)6-8-16/h2-8H2,1H3. The van der Waals surface area contributed by atoms with Crippen LogP contribution in [0.5, 0.6) is 0 Å². The maximum Gasteiger partial charge on any atom is 0.267 e. The van der Waals surface area contributed by atoms with E-state index in [0.29, 0.717) is 10.8 Å². The summed E-state index contributed by atoms with van der Waals surface area (Å²) in [7, 11) is 0. The number of alkyl halides is 1. The number of halogens is 1. The van der Waals surface area contributed by atoms with Crippen LogP contribution in [0.15, 0.2) is 0 Å². The lowest BCUT2D eigenvalue weighted by Crippen LogP contribution is -2.49. The van der Waals surface area contributed by atoms with Crippen LogP contribution in [0.2, 0.25) is 0 Å². The Morgan fingerprint density at radius 3 is 2.72 bits per heavy atom. The summed E-state index contributed by atoms with van der Waals surface area (Å²) in [4.78, 5) is 17.2. The quantitative estimate of drug-likeness (QED) is 0.779. The largest absolute Gasteiger partial charge is 0.335 e. The molecule has 0 bridgehead atoms. The summed E-state index contributed by atoms with van der Waals surface area (Å²) in [5.41, 5.74) is 0.813. The molecule has 0 aliphatic carbocycles. The van der Waals surface area contributed by atoms with Crippen molar-refractivity contribution in [1.29, 1.82) is 0 Å². The van der Waals surface area contributed by atoms with Crippen molar-refractivity contribution in [2.24, 2.45) is 0 Å². The summed E-state index contributed by atoms with van der Waals surface area (Å²) < 4.78 is 3.87. The van der Waals surface area contributed by atoms with Crippen LogP contribution < -0.4 is 0 Å². The molecule has 7 heteroatoms. The van der Waals surface area contributed by atoms with E-state index in [9.17, 15) is 4.79 Å². The summed E-state index contributed by atoms with van der Waals surface area (Å²) in [6, 6.07) is 0. The first kappa shape index (κ1) is 13.7. The van der Waals surface area contributed by atoms with Gasteiger partial charge in [-0.05, 0) is 18.0 Å². The van der Waals surface area contributed by atoms with Gasteiger partial charge in [-0.3, -0.25) is 9.69 Å². The van der Waals surface area contributed by atoms with Crippen molar-refractivity contribution in [3.63, 3.8) is 0 Å². The van der Waals surface area contributed by atoms with Gasteiger partial charge in [0.15, 0.2) is 0 Å². The Labute approximate surface area is 116 Å². The Kier molecular flexibility index (Phi) is 4.91. The second kappa shape index (κ2) is 6.45. The zero-order valence-corrected chi connectivity index (χ0v) is 12.0. The minimum absolute atomic E-state index is 0.0763. The normalized spacial score (nSPS) is 17.1. The fourth-order valence-corrected chi connectivity index (χ4v) is 3.00. The average Bonchev–Trinajstić information content (AvgIpc) is 2.87. The third-order valence-corrected chi connectivity index (χ3v) is 4.07. The van der Waals surface area contributed by atoms with Gasteiger partial charge in [-0.1, -0.05) is 11.4 Å². The number of aryl methyl sites for hydroxylation is 1. The zero-order chi connectivity index (χ0) is 13.0. The number of hydrogen-bond donors (Lipinski definition) is 0. The van der Waals surface area contributed by atoms with Gasteiger partial charge in [0.25, 0.3) is 5.91 Å². The van der Waals surface area contributed by atoms with Gasteiger partial charge >= 0.3 is 0 Å². The lowest BCUT2D eigenvalue weighted by atomic mass is 10.2. The Balaban J connectivity index is 1.95. The summed E-state index contributed by atoms with van der Waals surface area (Å²) in [6.07, 6.45) is 0.754. The van der Waals surface area contributed by atoms with Crippen molar-refractivity contribution < 1.29 is 4.79 Å². The molecule has 1 saturated heterocycles. The molecular formula is C11H17ClN4OS. The molecule has 2 rings (SSSR count). The van der Waals surface area contributed by atoms with E-state index in [0.717, 1.165) is 44.8 Å². The molecule has 0 aromatic carbocycles. The molecule has 5 nitrogen and oxygen atoms in total. The Bertz CT molecular complexity index is 404. The van der Waals surface area contributed by atoms with Crippen LogP contribution in [0.25, 0.3) is 0 Å². The number of carbonyl (C=O) groups is 1. The summed E-state index contributed by atoms with van der Waals surface area (Å²) in [5, 5.41) is 3.99. The van der Waals surface area contributed by atoms with Gasteiger partial charge in [0.05, 0.1) is 5.69 Å². The van der Waals surface area contributed by atoms with E-state index in [4.69, 9.17) is 11.6 Å². The number of hydrogen-bond acceptors (Lipinski definition) is 5. The van der Waals surface area contributed by atoms with Crippen molar-refractivity contribution >= 4 is 29.0 Å². The fraction of sp³-hybridized carbons (Fsp3) is 0.727. The number of piperazine rings is 1. The molecule has 1 aromatic heterocycles. The SMILES string of the molecule is CCc1nnsc1C(=O)N1CCN(CCCl)CC1. The van der Waals surface area contributed by atoms with Crippen molar-refractivity contribution in [2.45, 2.75) is 13.3 Å². The molecule has 0 N–H and O–H groups in total. The maximum absolute atomic E-state index is 12.3. The molecule has 0 unspecified atom stereocenters. The Morgan fingerprint density at radius 1 is 1.39 bits per heavy atom. The number of aromatic nitrogens is 2. The van der Waals surface area contributed by atoms with Crippen LogP contribution in [0.3, 0.4) is 0 Å². The van der Waals surface area contributed by atoms with E-state index in [-0.39, 0.29) is 5.91 Å². The molecule has 1 aliphatic rings. The molecule has 18 heavy (non-hydrogen) atoms. The monoisotopic (exact) mass is 288 g/mol. The molecule has 0 spiro atoms. The zero-order valence-electron chi connectivity index (χ0n) is 10.4. The highest BCUT2D eigenvalue weighted by Crippen LogP contribution is 2.15. The molecule has 1 aromatic rings. The first-order valence-corrected chi connectivity index (χ1v) is 7.46. The molecule has 1 aliphatic heterocycles. The molecule has 0 saturated carbocycles. The van der Waals surface area contributed by atoms with Gasteiger partial charge in [0.2, 0.25) is 0 Å². The van der Waals surface area contributed by atoms with Crippen molar-refractivity contribution in [3.05, 3.63) is 10.6 Å². The van der Waals surface area contributed by atoms with Crippen LogP contribution in [0, 0.1) is 0 Å². The number of nitrogens with zero attached hydrogens (tertiary/aromatic N) is 4. The second-order valence-electron chi connectivity index (χ2n) is 4.23. The first-order valence-electron chi connectivity index (χ1n) is 6.15. The third-order valence-electron chi connectivity index (χ3n) is 3.15.